The summed E-state index contributed by atoms with van der Waals surface area (Å²) in [6.45, 7) is 0.718. The third kappa shape index (κ3) is 3.85. The molecule has 2 N–H and O–H groups in total. The predicted molar refractivity (Wildman–Crippen MR) is 74.6 cm³/mol. The van der Waals surface area contributed by atoms with E-state index in [1.807, 2.05) is 18.2 Å². The molecule has 4 heteroatoms. The molecule has 1 fully saturated rings. The Balaban J connectivity index is 1.98. The van der Waals surface area contributed by atoms with Crippen LogP contribution in [0.4, 0.5) is 0 Å². The van der Waals surface area contributed by atoms with Crippen molar-refractivity contribution in [3.05, 3.63) is 23.8 Å². The summed E-state index contributed by atoms with van der Waals surface area (Å²) >= 11 is 0. The Labute approximate surface area is 114 Å². The van der Waals surface area contributed by atoms with Gasteiger partial charge in [0.05, 0.1) is 20.3 Å². The minimum atomic E-state index is -0.221. The lowest BCUT2D eigenvalue weighted by atomic mass is 9.92. The maximum Gasteiger partial charge on any atom is 0.122 e. The van der Waals surface area contributed by atoms with Crippen molar-refractivity contribution in [2.24, 2.45) is 0 Å². The van der Waals surface area contributed by atoms with Crippen LogP contribution in [-0.4, -0.2) is 31.5 Å². The zero-order valence-electron chi connectivity index (χ0n) is 11.7. The Bertz CT molecular complexity index is 386. The molecule has 0 aliphatic heterocycles. The average Bonchev–Trinajstić information content (AvgIpc) is 2.46. The first kappa shape index (κ1) is 14.2. The molecule has 2 atom stereocenters. The molecule has 1 aromatic carbocycles. The third-order valence-corrected chi connectivity index (χ3v) is 3.71. The fourth-order valence-electron chi connectivity index (χ4n) is 2.57. The van der Waals surface area contributed by atoms with E-state index < -0.39 is 0 Å². The molecule has 0 radical (unpaired) electrons. The van der Waals surface area contributed by atoms with E-state index in [2.05, 4.69) is 5.32 Å². The van der Waals surface area contributed by atoms with Gasteiger partial charge in [0.1, 0.15) is 11.5 Å². The summed E-state index contributed by atoms with van der Waals surface area (Å²) in [6, 6.07) is 6.04. The molecule has 0 bridgehead atoms. The van der Waals surface area contributed by atoms with Crippen molar-refractivity contribution in [3.8, 4) is 11.5 Å². The highest BCUT2D eigenvalue weighted by Crippen LogP contribution is 2.23. The minimum absolute atomic E-state index is 0.200. The number of methoxy groups -OCH3 is 2. The summed E-state index contributed by atoms with van der Waals surface area (Å²) in [5.41, 5.74) is 1.11. The lowest BCUT2D eigenvalue weighted by molar-refractivity contribution is 0.0902. The van der Waals surface area contributed by atoms with Crippen LogP contribution in [-0.2, 0) is 6.54 Å². The quantitative estimate of drug-likeness (QED) is 0.856. The summed E-state index contributed by atoms with van der Waals surface area (Å²) in [5.74, 6) is 1.58. The van der Waals surface area contributed by atoms with Gasteiger partial charge in [-0.15, -0.1) is 0 Å². The molecule has 0 heterocycles. The number of benzene rings is 1. The van der Waals surface area contributed by atoms with Gasteiger partial charge in [0.25, 0.3) is 0 Å². The predicted octanol–water partition coefficient (Wildman–Crippen LogP) is 2.10. The van der Waals surface area contributed by atoms with Crippen molar-refractivity contribution in [1.29, 1.82) is 0 Å². The Hall–Kier alpha value is -1.26. The third-order valence-electron chi connectivity index (χ3n) is 3.71. The van der Waals surface area contributed by atoms with Crippen molar-refractivity contribution >= 4 is 0 Å². The standard InChI is InChI=1S/C15H23NO3/c1-18-12-7-11(8-13(9-12)19-2)10-16-14-5-3-4-6-15(14)17/h7-9,14-17H,3-6,10H2,1-2H3/t14-,15+/m0/s1. The number of ether oxygens (including phenoxy) is 2. The smallest absolute Gasteiger partial charge is 0.122 e. The van der Waals surface area contributed by atoms with Gasteiger partial charge in [-0.2, -0.15) is 0 Å². The van der Waals surface area contributed by atoms with E-state index >= 15 is 0 Å². The number of hydrogen-bond donors (Lipinski definition) is 2. The lowest BCUT2D eigenvalue weighted by Gasteiger charge is -2.28. The topological polar surface area (TPSA) is 50.7 Å². The van der Waals surface area contributed by atoms with Gasteiger partial charge in [0, 0.05) is 18.7 Å². The van der Waals surface area contributed by atoms with Gasteiger partial charge in [-0.3, -0.25) is 0 Å². The molecule has 1 saturated carbocycles. The largest absolute Gasteiger partial charge is 0.497 e. The summed E-state index contributed by atoms with van der Waals surface area (Å²) in [6.07, 6.45) is 4.05. The van der Waals surface area contributed by atoms with Gasteiger partial charge in [0.2, 0.25) is 0 Å². The monoisotopic (exact) mass is 265 g/mol. The van der Waals surface area contributed by atoms with E-state index in [1.54, 1.807) is 14.2 Å². The van der Waals surface area contributed by atoms with Crippen LogP contribution < -0.4 is 14.8 Å². The van der Waals surface area contributed by atoms with Crippen LogP contribution in [0.3, 0.4) is 0 Å². The normalized spacial score (nSPS) is 23.1. The number of nitrogens with one attached hydrogen (secondary N) is 1. The van der Waals surface area contributed by atoms with E-state index in [9.17, 15) is 5.11 Å². The Morgan fingerprint density at radius 2 is 1.74 bits per heavy atom. The van der Waals surface area contributed by atoms with E-state index in [1.165, 1.54) is 6.42 Å². The molecule has 0 unspecified atom stereocenters. The van der Waals surface area contributed by atoms with Crippen LogP contribution in [0.5, 0.6) is 11.5 Å². The molecule has 106 valence electrons. The van der Waals surface area contributed by atoms with Crippen molar-refractivity contribution in [3.63, 3.8) is 0 Å². The van der Waals surface area contributed by atoms with Gasteiger partial charge in [-0.25, -0.2) is 0 Å². The molecule has 1 aromatic rings. The molecule has 0 aromatic heterocycles. The first-order valence-corrected chi connectivity index (χ1v) is 6.86. The first-order valence-electron chi connectivity index (χ1n) is 6.86. The Morgan fingerprint density at radius 3 is 2.32 bits per heavy atom. The maximum absolute atomic E-state index is 9.94. The number of rotatable bonds is 5. The van der Waals surface area contributed by atoms with E-state index in [0.717, 1.165) is 42.9 Å². The molecule has 0 saturated heterocycles. The second-order valence-electron chi connectivity index (χ2n) is 5.06. The lowest BCUT2D eigenvalue weighted by Crippen LogP contribution is -2.41. The summed E-state index contributed by atoms with van der Waals surface area (Å²) in [4.78, 5) is 0. The van der Waals surface area contributed by atoms with Crippen LogP contribution in [0.25, 0.3) is 0 Å². The van der Waals surface area contributed by atoms with Crippen molar-refractivity contribution < 1.29 is 14.6 Å². The van der Waals surface area contributed by atoms with Gasteiger partial charge < -0.3 is 19.9 Å². The fourth-order valence-corrected chi connectivity index (χ4v) is 2.57. The summed E-state index contributed by atoms with van der Waals surface area (Å²) in [5, 5.41) is 13.4. The number of aliphatic hydroxyl groups is 1. The summed E-state index contributed by atoms with van der Waals surface area (Å²) in [7, 11) is 3.30. The van der Waals surface area contributed by atoms with Crippen LogP contribution >= 0.6 is 0 Å². The van der Waals surface area contributed by atoms with Crippen molar-refractivity contribution in [1.82, 2.24) is 5.32 Å². The first-order chi connectivity index (χ1) is 9.22. The maximum atomic E-state index is 9.94. The second kappa shape index (κ2) is 6.78. The van der Waals surface area contributed by atoms with Gasteiger partial charge in [0.15, 0.2) is 0 Å². The molecule has 0 spiro atoms. The second-order valence-corrected chi connectivity index (χ2v) is 5.06. The Morgan fingerprint density at radius 1 is 1.11 bits per heavy atom. The van der Waals surface area contributed by atoms with E-state index in [0.29, 0.717) is 0 Å². The summed E-state index contributed by atoms with van der Waals surface area (Å²) < 4.78 is 10.5. The molecule has 4 nitrogen and oxygen atoms in total. The van der Waals surface area contributed by atoms with Crippen LogP contribution in [0.15, 0.2) is 18.2 Å². The molecule has 19 heavy (non-hydrogen) atoms. The van der Waals surface area contributed by atoms with E-state index in [-0.39, 0.29) is 12.1 Å². The average molecular weight is 265 g/mol. The minimum Gasteiger partial charge on any atom is -0.497 e. The van der Waals surface area contributed by atoms with Gasteiger partial charge >= 0.3 is 0 Å². The molecule has 2 rings (SSSR count). The highest BCUT2D eigenvalue weighted by atomic mass is 16.5. The van der Waals surface area contributed by atoms with Crippen LogP contribution in [0.2, 0.25) is 0 Å². The molecule has 0 amide bonds. The fraction of sp³-hybridized carbons (Fsp3) is 0.600. The number of aliphatic hydroxyl groups excluding tert-OH is 1. The SMILES string of the molecule is COc1cc(CN[C@H]2CCCC[C@H]2O)cc(OC)c1. The highest BCUT2D eigenvalue weighted by Gasteiger charge is 2.22. The molecule has 1 aliphatic rings. The Kier molecular flexibility index (Phi) is 5.05. The molecular formula is C15H23NO3. The van der Waals surface area contributed by atoms with Crippen molar-refractivity contribution in [2.75, 3.05) is 14.2 Å². The zero-order chi connectivity index (χ0) is 13.7. The number of hydrogen-bond acceptors (Lipinski definition) is 4. The van der Waals surface area contributed by atoms with Crippen LogP contribution in [0, 0.1) is 0 Å². The highest BCUT2D eigenvalue weighted by molar-refractivity contribution is 5.38. The van der Waals surface area contributed by atoms with Crippen LogP contribution in [0.1, 0.15) is 31.2 Å². The van der Waals surface area contributed by atoms with Gasteiger partial charge in [-0.1, -0.05) is 12.8 Å². The zero-order valence-corrected chi connectivity index (χ0v) is 11.7. The van der Waals surface area contributed by atoms with Crippen molar-refractivity contribution in [2.45, 2.75) is 44.4 Å². The molecule has 1 aliphatic carbocycles. The van der Waals surface area contributed by atoms with E-state index in [4.69, 9.17) is 9.47 Å². The molecular weight excluding hydrogens is 242 g/mol. The van der Waals surface area contributed by atoms with Gasteiger partial charge in [-0.05, 0) is 30.5 Å².